The molecule has 0 N–H and O–H groups in total. The van der Waals surface area contributed by atoms with Gasteiger partial charge in [-0.1, -0.05) is 52.8 Å². The summed E-state index contributed by atoms with van der Waals surface area (Å²) in [6, 6.07) is 16.1. The molecular formula is C20H18BrNO2. The predicted octanol–water partition coefficient (Wildman–Crippen LogP) is 5.27. The SMILES string of the molecule is C=Cc1c(C(=O)OCC)c2cc(Br)ccc2n1Cc1ccccc1. The predicted molar refractivity (Wildman–Crippen MR) is 101 cm³/mol. The number of benzene rings is 2. The summed E-state index contributed by atoms with van der Waals surface area (Å²) in [5.74, 6) is -0.317. The number of nitrogens with zero attached hydrogens (tertiary/aromatic N) is 1. The number of fused-ring (bicyclic) bond motifs is 1. The van der Waals surface area contributed by atoms with E-state index in [1.807, 2.05) is 43.3 Å². The van der Waals surface area contributed by atoms with Gasteiger partial charge >= 0.3 is 5.97 Å². The van der Waals surface area contributed by atoms with Crippen LogP contribution < -0.4 is 0 Å². The van der Waals surface area contributed by atoms with Gasteiger partial charge < -0.3 is 9.30 Å². The molecule has 0 aliphatic heterocycles. The highest BCUT2D eigenvalue weighted by molar-refractivity contribution is 9.10. The van der Waals surface area contributed by atoms with Gasteiger partial charge in [0.15, 0.2) is 0 Å². The molecule has 3 rings (SSSR count). The van der Waals surface area contributed by atoms with Gasteiger partial charge in [0.05, 0.1) is 17.9 Å². The van der Waals surface area contributed by atoms with E-state index in [0.29, 0.717) is 18.7 Å². The summed E-state index contributed by atoms with van der Waals surface area (Å²) in [4.78, 5) is 12.5. The Kier molecular flexibility index (Phi) is 4.86. The third-order valence-corrected chi connectivity index (χ3v) is 4.42. The topological polar surface area (TPSA) is 31.2 Å². The van der Waals surface area contributed by atoms with E-state index in [0.717, 1.165) is 26.6 Å². The van der Waals surface area contributed by atoms with Gasteiger partial charge in [0.25, 0.3) is 0 Å². The van der Waals surface area contributed by atoms with Crippen LogP contribution in [0.1, 0.15) is 28.5 Å². The molecule has 0 amide bonds. The first kappa shape index (κ1) is 16.5. The lowest BCUT2D eigenvalue weighted by molar-refractivity contribution is 0.0528. The molecule has 122 valence electrons. The van der Waals surface area contributed by atoms with Crippen LogP contribution in [0.5, 0.6) is 0 Å². The summed E-state index contributed by atoms with van der Waals surface area (Å²) < 4.78 is 8.30. The molecule has 0 saturated carbocycles. The van der Waals surface area contributed by atoms with Crippen LogP contribution in [-0.4, -0.2) is 17.1 Å². The number of rotatable bonds is 5. The van der Waals surface area contributed by atoms with Crippen LogP contribution in [0.3, 0.4) is 0 Å². The Morgan fingerprint density at radius 1 is 1.25 bits per heavy atom. The van der Waals surface area contributed by atoms with Crippen molar-refractivity contribution in [2.75, 3.05) is 6.61 Å². The highest BCUT2D eigenvalue weighted by Crippen LogP contribution is 2.31. The number of carbonyl (C=O) groups excluding carboxylic acids is 1. The molecule has 0 aliphatic rings. The lowest BCUT2D eigenvalue weighted by Crippen LogP contribution is -2.08. The molecule has 0 fully saturated rings. The molecular weight excluding hydrogens is 366 g/mol. The summed E-state index contributed by atoms with van der Waals surface area (Å²) in [6.07, 6.45) is 1.73. The average molecular weight is 384 g/mol. The van der Waals surface area contributed by atoms with Gasteiger partial charge in [-0.25, -0.2) is 4.79 Å². The largest absolute Gasteiger partial charge is 0.462 e. The first-order valence-electron chi connectivity index (χ1n) is 7.81. The Morgan fingerprint density at radius 3 is 2.67 bits per heavy atom. The van der Waals surface area contributed by atoms with E-state index in [-0.39, 0.29) is 5.97 Å². The molecule has 2 aromatic carbocycles. The van der Waals surface area contributed by atoms with E-state index in [2.05, 4.69) is 39.2 Å². The van der Waals surface area contributed by atoms with Gasteiger partial charge in [-0.3, -0.25) is 0 Å². The van der Waals surface area contributed by atoms with Crippen molar-refractivity contribution in [3.8, 4) is 0 Å². The summed E-state index contributed by atoms with van der Waals surface area (Å²) in [7, 11) is 0. The highest BCUT2D eigenvalue weighted by atomic mass is 79.9. The van der Waals surface area contributed by atoms with Gasteiger partial charge in [-0.2, -0.15) is 0 Å². The Bertz CT molecular complexity index is 897. The first-order valence-corrected chi connectivity index (χ1v) is 8.60. The van der Waals surface area contributed by atoms with Crippen LogP contribution in [0.25, 0.3) is 17.0 Å². The Hall–Kier alpha value is -2.33. The van der Waals surface area contributed by atoms with Crippen molar-refractivity contribution in [3.63, 3.8) is 0 Å². The molecule has 3 aromatic rings. The van der Waals surface area contributed by atoms with Crippen molar-refractivity contribution in [2.24, 2.45) is 0 Å². The van der Waals surface area contributed by atoms with E-state index >= 15 is 0 Å². The number of esters is 1. The average Bonchev–Trinajstić information content (AvgIpc) is 2.88. The molecule has 4 heteroatoms. The number of hydrogen-bond acceptors (Lipinski definition) is 2. The Morgan fingerprint density at radius 2 is 2.00 bits per heavy atom. The molecule has 3 nitrogen and oxygen atoms in total. The fourth-order valence-corrected chi connectivity index (χ4v) is 3.27. The molecule has 0 aliphatic carbocycles. The maximum Gasteiger partial charge on any atom is 0.340 e. The molecule has 0 radical (unpaired) electrons. The molecule has 1 heterocycles. The minimum atomic E-state index is -0.317. The molecule has 0 saturated heterocycles. The Balaban J connectivity index is 2.24. The zero-order valence-electron chi connectivity index (χ0n) is 13.5. The maximum absolute atomic E-state index is 12.5. The number of aromatic nitrogens is 1. The smallest absolute Gasteiger partial charge is 0.340 e. The van der Waals surface area contributed by atoms with Crippen molar-refractivity contribution in [2.45, 2.75) is 13.5 Å². The van der Waals surface area contributed by atoms with Gasteiger partial charge in [-0.05, 0) is 36.8 Å². The Labute approximate surface area is 149 Å². The van der Waals surface area contributed by atoms with E-state index < -0.39 is 0 Å². The van der Waals surface area contributed by atoms with E-state index in [9.17, 15) is 4.79 Å². The van der Waals surface area contributed by atoms with E-state index in [1.54, 1.807) is 6.08 Å². The van der Waals surface area contributed by atoms with Crippen molar-refractivity contribution >= 4 is 38.9 Å². The summed E-state index contributed by atoms with van der Waals surface area (Å²) in [5.41, 5.74) is 3.50. The number of carbonyl (C=O) groups is 1. The second-order valence-electron chi connectivity index (χ2n) is 5.42. The molecule has 1 aromatic heterocycles. The van der Waals surface area contributed by atoms with Crippen LogP contribution in [0.15, 0.2) is 59.6 Å². The molecule has 24 heavy (non-hydrogen) atoms. The zero-order valence-corrected chi connectivity index (χ0v) is 15.0. The normalized spacial score (nSPS) is 10.8. The quantitative estimate of drug-likeness (QED) is 0.561. The number of ether oxygens (including phenoxy) is 1. The monoisotopic (exact) mass is 383 g/mol. The molecule has 0 unspecified atom stereocenters. The summed E-state index contributed by atoms with van der Waals surface area (Å²) >= 11 is 3.49. The second kappa shape index (κ2) is 7.05. The van der Waals surface area contributed by atoms with Crippen molar-refractivity contribution in [1.82, 2.24) is 4.57 Å². The summed E-state index contributed by atoms with van der Waals surface area (Å²) in [5, 5.41) is 0.869. The fourth-order valence-electron chi connectivity index (χ4n) is 2.91. The van der Waals surface area contributed by atoms with Crippen molar-refractivity contribution < 1.29 is 9.53 Å². The third kappa shape index (κ3) is 3.02. The second-order valence-corrected chi connectivity index (χ2v) is 6.33. The van der Waals surface area contributed by atoms with Crippen molar-refractivity contribution in [1.29, 1.82) is 0 Å². The first-order chi connectivity index (χ1) is 11.7. The lowest BCUT2D eigenvalue weighted by atomic mass is 10.1. The van der Waals surface area contributed by atoms with Crippen molar-refractivity contribution in [3.05, 3.63) is 76.4 Å². The number of hydrogen-bond donors (Lipinski definition) is 0. The molecule has 0 bridgehead atoms. The van der Waals surface area contributed by atoms with Crippen LogP contribution in [0.2, 0.25) is 0 Å². The van der Waals surface area contributed by atoms with Crippen LogP contribution in [0.4, 0.5) is 0 Å². The van der Waals surface area contributed by atoms with Crippen LogP contribution in [-0.2, 0) is 11.3 Å². The minimum absolute atomic E-state index is 0.317. The lowest BCUT2D eigenvalue weighted by Gasteiger charge is -2.09. The van der Waals surface area contributed by atoms with E-state index in [1.165, 1.54) is 0 Å². The van der Waals surface area contributed by atoms with Crippen LogP contribution >= 0.6 is 15.9 Å². The van der Waals surface area contributed by atoms with E-state index in [4.69, 9.17) is 4.74 Å². The van der Waals surface area contributed by atoms with Gasteiger partial charge in [0.2, 0.25) is 0 Å². The fraction of sp³-hybridized carbons (Fsp3) is 0.150. The van der Waals surface area contributed by atoms with Gasteiger partial charge in [0, 0.05) is 21.9 Å². The third-order valence-electron chi connectivity index (χ3n) is 3.92. The zero-order chi connectivity index (χ0) is 17.1. The summed E-state index contributed by atoms with van der Waals surface area (Å²) in [6.45, 7) is 6.73. The standard InChI is InChI=1S/C20H18BrNO2/c1-3-17-19(20(23)24-4-2)16-12-15(21)10-11-18(16)22(17)13-14-8-6-5-7-9-14/h3,5-12H,1,4,13H2,2H3. The maximum atomic E-state index is 12.5. The highest BCUT2D eigenvalue weighted by Gasteiger charge is 2.22. The molecule has 0 atom stereocenters. The van der Waals surface area contributed by atoms with Crippen LogP contribution in [0, 0.1) is 0 Å². The minimum Gasteiger partial charge on any atom is -0.462 e. The van der Waals surface area contributed by atoms with Gasteiger partial charge in [-0.15, -0.1) is 0 Å². The number of halogens is 1. The molecule has 0 spiro atoms. The van der Waals surface area contributed by atoms with Gasteiger partial charge in [0.1, 0.15) is 0 Å².